The van der Waals surface area contributed by atoms with Crippen molar-refractivity contribution < 1.29 is 39.4 Å². The van der Waals surface area contributed by atoms with Gasteiger partial charge in [-0.1, -0.05) is 0 Å². The van der Waals surface area contributed by atoms with Crippen LogP contribution in [0.4, 0.5) is 0 Å². The highest BCUT2D eigenvalue weighted by Crippen LogP contribution is 2.44. The van der Waals surface area contributed by atoms with Crippen LogP contribution in [0.5, 0.6) is 34.5 Å². The standard InChI is InChI=1S/C19H24O8/c1-24-13-5-10(6-14(25-2)18(13)22)12(9-20)17(21)11-7-15(26-3)19(23)16(8-11)27-4/h5-8,12,17,20-23H,9H2,1-4H3. The summed E-state index contributed by atoms with van der Waals surface area (Å²) in [5.41, 5.74) is 0.856. The molecule has 148 valence electrons. The minimum atomic E-state index is -1.17. The number of ether oxygens (including phenoxy) is 4. The summed E-state index contributed by atoms with van der Waals surface area (Å²) >= 11 is 0. The molecule has 0 radical (unpaired) electrons. The minimum absolute atomic E-state index is 0.126. The maximum atomic E-state index is 10.9. The van der Waals surface area contributed by atoms with Crippen molar-refractivity contribution in [3.8, 4) is 34.5 Å². The minimum Gasteiger partial charge on any atom is -0.502 e. The molecule has 0 aromatic heterocycles. The molecule has 0 aliphatic heterocycles. The zero-order valence-corrected chi connectivity index (χ0v) is 15.6. The zero-order chi connectivity index (χ0) is 20.1. The Hall–Kier alpha value is -2.84. The van der Waals surface area contributed by atoms with Crippen LogP contribution in [0, 0.1) is 0 Å². The third kappa shape index (κ3) is 3.96. The fourth-order valence-corrected chi connectivity index (χ4v) is 2.83. The van der Waals surface area contributed by atoms with Crippen LogP contribution >= 0.6 is 0 Å². The maximum absolute atomic E-state index is 10.9. The Kier molecular flexibility index (Phi) is 6.59. The Balaban J connectivity index is 2.52. The Morgan fingerprint density at radius 1 is 0.704 bits per heavy atom. The van der Waals surface area contributed by atoms with Crippen LogP contribution in [0.1, 0.15) is 23.1 Å². The highest BCUT2D eigenvalue weighted by Gasteiger charge is 2.27. The van der Waals surface area contributed by atoms with Crippen LogP contribution in [0.2, 0.25) is 0 Å². The van der Waals surface area contributed by atoms with Gasteiger partial charge in [0.15, 0.2) is 23.0 Å². The SMILES string of the molecule is COc1cc(C(O)C(CO)c2cc(OC)c(O)c(OC)c2)cc(OC)c1O. The molecule has 2 aromatic carbocycles. The number of phenols is 2. The number of phenolic OH excluding ortho intramolecular Hbond substituents is 2. The summed E-state index contributed by atoms with van der Waals surface area (Å²) in [4.78, 5) is 0. The van der Waals surface area contributed by atoms with E-state index < -0.39 is 18.6 Å². The molecule has 0 heterocycles. The number of benzene rings is 2. The lowest BCUT2D eigenvalue weighted by Gasteiger charge is -2.24. The highest BCUT2D eigenvalue weighted by atomic mass is 16.5. The van der Waals surface area contributed by atoms with Gasteiger partial charge in [-0.3, -0.25) is 0 Å². The van der Waals surface area contributed by atoms with Gasteiger partial charge in [0.2, 0.25) is 11.5 Å². The number of methoxy groups -OCH3 is 4. The fourth-order valence-electron chi connectivity index (χ4n) is 2.83. The van der Waals surface area contributed by atoms with Crippen molar-refractivity contribution in [1.29, 1.82) is 0 Å². The number of aliphatic hydroxyl groups excluding tert-OH is 2. The third-order valence-electron chi connectivity index (χ3n) is 4.35. The summed E-state index contributed by atoms with van der Waals surface area (Å²) in [7, 11) is 5.53. The van der Waals surface area contributed by atoms with Crippen molar-refractivity contribution in [3.05, 3.63) is 35.4 Å². The van der Waals surface area contributed by atoms with Gasteiger partial charge in [0.1, 0.15) is 0 Å². The smallest absolute Gasteiger partial charge is 0.200 e. The van der Waals surface area contributed by atoms with Gasteiger partial charge in [-0.15, -0.1) is 0 Å². The van der Waals surface area contributed by atoms with E-state index in [2.05, 4.69) is 0 Å². The fraction of sp³-hybridized carbons (Fsp3) is 0.368. The molecular formula is C19H24O8. The lowest BCUT2D eigenvalue weighted by Crippen LogP contribution is -2.15. The second kappa shape index (κ2) is 8.70. The van der Waals surface area contributed by atoms with E-state index >= 15 is 0 Å². The summed E-state index contributed by atoms with van der Waals surface area (Å²) in [5, 5.41) is 40.9. The van der Waals surface area contributed by atoms with E-state index in [1.807, 2.05) is 0 Å². The van der Waals surface area contributed by atoms with Crippen molar-refractivity contribution in [2.24, 2.45) is 0 Å². The van der Waals surface area contributed by atoms with Crippen LogP contribution in [0.3, 0.4) is 0 Å². The van der Waals surface area contributed by atoms with Gasteiger partial charge in [-0.05, 0) is 35.4 Å². The molecule has 0 saturated heterocycles. The monoisotopic (exact) mass is 380 g/mol. The Labute approximate surface area is 157 Å². The van der Waals surface area contributed by atoms with E-state index in [0.717, 1.165) is 0 Å². The molecule has 2 rings (SSSR count). The van der Waals surface area contributed by atoms with Gasteiger partial charge in [-0.25, -0.2) is 0 Å². The first-order valence-electron chi connectivity index (χ1n) is 8.10. The van der Waals surface area contributed by atoms with Gasteiger partial charge in [0, 0.05) is 5.92 Å². The number of aromatic hydroxyl groups is 2. The molecule has 2 unspecified atom stereocenters. The first-order valence-corrected chi connectivity index (χ1v) is 8.10. The third-order valence-corrected chi connectivity index (χ3v) is 4.35. The molecule has 0 saturated carbocycles. The van der Waals surface area contributed by atoms with Gasteiger partial charge >= 0.3 is 0 Å². The molecule has 27 heavy (non-hydrogen) atoms. The average molecular weight is 380 g/mol. The molecular weight excluding hydrogens is 356 g/mol. The number of aliphatic hydroxyl groups is 2. The normalized spacial score (nSPS) is 13.0. The van der Waals surface area contributed by atoms with Crippen LogP contribution in [-0.4, -0.2) is 55.5 Å². The summed E-state index contributed by atoms with van der Waals surface area (Å²) in [6.07, 6.45) is -1.17. The van der Waals surface area contributed by atoms with E-state index in [-0.39, 0.29) is 34.5 Å². The van der Waals surface area contributed by atoms with Gasteiger partial charge < -0.3 is 39.4 Å². The van der Waals surface area contributed by atoms with Crippen molar-refractivity contribution in [3.63, 3.8) is 0 Å². The van der Waals surface area contributed by atoms with Gasteiger partial charge in [0.25, 0.3) is 0 Å². The van der Waals surface area contributed by atoms with E-state index in [0.29, 0.717) is 11.1 Å². The predicted molar refractivity (Wildman–Crippen MR) is 97.2 cm³/mol. The molecule has 2 atom stereocenters. The van der Waals surface area contributed by atoms with E-state index in [1.54, 1.807) is 0 Å². The molecule has 8 heteroatoms. The quantitative estimate of drug-likeness (QED) is 0.549. The molecule has 2 aromatic rings. The number of hydrogen-bond acceptors (Lipinski definition) is 8. The lowest BCUT2D eigenvalue weighted by atomic mass is 9.89. The maximum Gasteiger partial charge on any atom is 0.200 e. The molecule has 0 bridgehead atoms. The molecule has 8 nitrogen and oxygen atoms in total. The van der Waals surface area contributed by atoms with Gasteiger partial charge in [0.05, 0.1) is 41.2 Å². The van der Waals surface area contributed by atoms with Crippen molar-refractivity contribution in [2.45, 2.75) is 12.0 Å². The van der Waals surface area contributed by atoms with Crippen LogP contribution < -0.4 is 18.9 Å². The molecule has 4 N–H and O–H groups in total. The molecule has 0 fully saturated rings. The molecule has 0 amide bonds. The first-order chi connectivity index (χ1) is 12.9. The van der Waals surface area contributed by atoms with Crippen molar-refractivity contribution in [1.82, 2.24) is 0 Å². The van der Waals surface area contributed by atoms with Crippen LogP contribution in [0.15, 0.2) is 24.3 Å². The zero-order valence-electron chi connectivity index (χ0n) is 15.6. The van der Waals surface area contributed by atoms with Crippen LogP contribution in [0.25, 0.3) is 0 Å². The van der Waals surface area contributed by atoms with Gasteiger partial charge in [-0.2, -0.15) is 0 Å². The second-order valence-corrected chi connectivity index (χ2v) is 5.78. The average Bonchev–Trinajstić information content (AvgIpc) is 2.69. The number of rotatable bonds is 8. The highest BCUT2D eigenvalue weighted by molar-refractivity contribution is 5.55. The van der Waals surface area contributed by atoms with Crippen LogP contribution in [-0.2, 0) is 0 Å². The second-order valence-electron chi connectivity index (χ2n) is 5.78. The topological polar surface area (TPSA) is 118 Å². The summed E-state index contributed by atoms with van der Waals surface area (Å²) in [6, 6.07) is 5.94. The largest absolute Gasteiger partial charge is 0.502 e. The van der Waals surface area contributed by atoms with Crippen molar-refractivity contribution in [2.75, 3.05) is 35.0 Å². The first kappa shape index (κ1) is 20.5. The number of hydrogen-bond donors (Lipinski definition) is 4. The molecule has 0 spiro atoms. The Morgan fingerprint density at radius 2 is 1.04 bits per heavy atom. The molecule has 0 aliphatic rings. The van der Waals surface area contributed by atoms with E-state index in [1.165, 1.54) is 52.7 Å². The van der Waals surface area contributed by atoms with Crippen molar-refractivity contribution >= 4 is 0 Å². The van der Waals surface area contributed by atoms with E-state index in [4.69, 9.17) is 18.9 Å². The summed E-state index contributed by atoms with van der Waals surface area (Å²) in [6.45, 7) is -0.399. The molecule has 0 aliphatic carbocycles. The Morgan fingerprint density at radius 3 is 1.33 bits per heavy atom. The lowest BCUT2D eigenvalue weighted by molar-refractivity contribution is 0.106. The van der Waals surface area contributed by atoms with E-state index in [9.17, 15) is 20.4 Å². The predicted octanol–water partition coefficient (Wildman–Crippen LogP) is 1.94. The summed E-state index contributed by atoms with van der Waals surface area (Å²) in [5.74, 6) is -0.589. The summed E-state index contributed by atoms with van der Waals surface area (Å²) < 4.78 is 20.5. The Bertz CT molecular complexity index is 739.